The molecule has 0 atom stereocenters. The van der Waals surface area contributed by atoms with E-state index in [0.29, 0.717) is 5.41 Å². The van der Waals surface area contributed by atoms with Crippen LogP contribution >= 0.6 is 0 Å². The zero-order chi connectivity index (χ0) is 13.5. The largest absolute Gasteiger partial charge is 0.0619 e. The van der Waals surface area contributed by atoms with Gasteiger partial charge in [-0.25, -0.2) is 0 Å². The molecule has 19 heavy (non-hydrogen) atoms. The van der Waals surface area contributed by atoms with E-state index in [1.165, 1.54) is 40.7 Å². The summed E-state index contributed by atoms with van der Waals surface area (Å²) in [5.41, 5.74) is 7.75. The second kappa shape index (κ2) is 4.52. The third-order valence-corrected chi connectivity index (χ3v) is 4.03. The molecule has 1 aliphatic rings. The van der Waals surface area contributed by atoms with Gasteiger partial charge in [-0.05, 0) is 52.5 Å². The van der Waals surface area contributed by atoms with Crippen LogP contribution < -0.4 is 0 Å². The summed E-state index contributed by atoms with van der Waals surface area (Å²) >= 11 is 0. The highest BCUT2D eigenvalue weighted by molar-refractivity contribution is 5.77. The van der Waals surface area contributed by atoms with E-state index in [0.717, 1.165) is 6.42 Å². The molecule has 0 heterocycles. The molecule has 0 aromatic heterocycles. The first-order valence-corrected chi connectivity index (χ1v) is 7.23. The zero-order valence-corrected chi connectivity index (χ0v) is 12.2. The van der Waals surface area contributed by atoms with E-state index in [-0.39, 0.29) is 0 Å². The molecule has 2 aromatic carbocycles. The number of rotatable bonds is 2. The smallest absolute Gasteiger partial charge is 0.00135 e. The lowest BCUT2D eigenvalue weighted by Gasteiger charge is -2.18. The maximum atomic E-state index is 2.41. The predicted octanol–water partition coefficient (Wildman–Crippen LogP) is 5.24. The third kappa shape index (κ3) is 2.58. The van der Waals surface area contributed by atoms with Crippen LogP contribution in [0.15, 0.2) is 42.5 Å². The van der Waals surface area contributed by atoms with Crippen molar-refractivity contribution >= 4 is 0 Å². The Labute approximate surface area is 116 Å². The normalized spacial score (nSPS) is 13.2. The minimum Gasteiger partial charge on any atom is -0.0619 e. The van der Waals surface area contributed by atoms with Crippen molar-refractivity contribution in [1.29, 1.82) is 0 Å². The first kappa shape index (κ1) is 12.5. The SMILES string of the molecule is CC(C)(C)CCc1ccc2c(c1)-c1ccccc1C2. The van der Waals surface area contributed by atoms with Crippen molar-refractivity contribution in [2.24, 2.45) is 5.41 Å². The van der Waals surface area contributed by atoms with Crippen LogP contribution in [0.4, 0.5) is 0 Å². The lowest BCUT2D eigenvalue weighted by Crippen LogP contribution is -2.06. The molecule has 0 heteroatoms. The second-order valence-electron chi connectivity index (χ2n) is 6.89. The van der Waals surface area contributed by atoms with Gasteiger partial charge in [0, 0.05) is 0 Å². The average molecular weight is 250 g/mol. The van der Waals surface area contributed by atoms with Crippen molar-refractivity contribution in [3.05, 3.63) is 59.2 Å². The quantitative estimate of drug-likeness (QED) is 0.583. The van der Waals surface area contributed by atoms with Crippen LogP contribution in [0.1, 0.15) is 43.9 Å². The van der Waals surface area contributed by atoms with E-state index in [1.54, 1.807) is 0 Å². The standard InChI is InChI=1S/C19H22/c1-19(2,3)11-10-14-8-9-16-13-15-6-4-5-7-17(15)18(16)12-14/h4-9,12H,10-11,13H2,1-3H3. The van der Waals surface area contributed by atoms with Gasteiger partial charge in [0.2, 0.25) is 0 Å². The van der Waals surface area contributed by atoms with Crippen LogP contribution in [-0.4, -0.2) is 0 Å². The van der Waals surface area contributed by atoms with E-state index in [2.05, 4.69) is 63.2 Å². The molecule has 0 amide bonds. The van der Waals surface area contributed by atoms with Crippen molar-refractivity contribution in [2.45, 2.75) is 40.0 Å². The van der Waals surface area contributed by atoms with Gasteiger partial charge in [-0.2, -0.15) is 0 Å². The molecule has 0 saturated carbocycles. The summed E-state index contributed by atoms with van der Waals surface area (Å²) in [6, 6.07) is 15.9. The van der Waals surface area contributed by atoms with Crippen LogP contribution in [0.25, 0.3) is 11.1 Å². The number of fused-ring (bicyclic) bond motifs is 3. The zero-order valence-electron chi connectivity index (χ0n) is 12.2. The van der Waals surface area contributed by atoms with Gasteiger partial charge in [-0.15, -0.1) is 0 Å². The summed E-state index contributed by atoms with van der Waals surface area (Å²) in [6.45, 7) is 6.95. The summed E-state index contributed by atoms with van der Waals surface area (Å²) in [5, 5.41) is 0. The van der Waals surface area contributed by atoms with E-state index >= 15 is 0 Å². The van der Waals surface area contributed by atoms with Gasteiger partial charge in [0.05, 0.1) is 0 Å². The maximum absolute atomic E-state index is 2.41. The highest BCUT2D eigenvalue weighted by Gasteiger charge is 2.18. The van der Waals surface area contributed by atoms with Gasteiger partial charge in [-0.3, -0.25) is 0 Å². The molecule has 0 saturated heterocycles. The van der Waals surface area contributed by atoms with Gasteiger partial charge in [-0.1, -0.05) is 63.2 Å². The summed E-state index contributed by atoms with van der Waals surface area (Å²) in [5.74, 6) is 0. The lowest BCUT2D eigenvalue weighted by molar-refractivity contribution is 0.378. The first-order chi connectivity index (χ1) is 9.03. The van der Waals surface area contributed by atoms with Crippen LogP contribution in [0.3, 0.4) is 0 Å². The van der Waals surface area contributed by atoms with Crippen LogP contribution in [0.2, 0.25) is 0 Å². The summed E-state index contributed by atoms with van der Waals surface area (Å²) in [7, 11) is 0. The molecule has 2 aromatic rings. The number of benzene rings is 2. The molecular weight excluding hydrogens is 228 g/mol. The van der Waals surface area contributed by atoms with E-state index in [1.807, 2.05) is 0 Å². The van der Waals surface area contributed by atoms with Crippen LogP contribution in [0.5, 0.6) is 0 Å². The monoisotopic (exact) mass is 250 g/mol. The molecule has 0 unspecified atom stereocenters. The third-order valence-electron chi connectivity index (χ3n) is 4.03. The Balaban J connectivity index is 1.90. The predicted molar refractivity (Wildman–Crippen MR) is 82.5 cm³/mol. The molecular formula is C19H22. The molecule has 0 radical (unpaired) electrons. The van der Waals surface area contributed by atoms with Crippen LogP contribution in [0, 0.1) is 5.41 Å². The van der Waals surface area contributed by atoms with Gasteiger partial charge in [0.15, 0.2) is 0 Å². The number of hydrogen-bond donors (Lipinski definition) is 0. The van der Waals surface area contributed by atoms with Gasteiger partial charge >= 0.3 is 0 Å². The molecule has 0 N–H and O–H groups in total. The fraction of sp³-hybridized carbons (Fsp3) is 0.368. The lowest BCUT2D eigenvalue weighted by atomic mass is 9.88. The van der Waals surface area contributed by atoms with Crippen molar-refractivity contribution in [3.8, 4) is 11.1 Å². The summed E-state index contributed by atoms with van der Waals surface area (Å²) in [6.07, 6.45) is 3.53. The Hall–Kier alpha value is -1.56. The summed E-state index contributed by atoms with van der Waals surface area (Å²) < 4.78 is 0. The first-order valence-electron chi connectivity index (χ1n) is 7.23. The van der Waals surface area contributed by atoms with E-state index in [9.17, 15) is 0 Å². The minimum absolute atomic E-state index is 0.414. The number of hydrogen-bond acceptors (Lipinski definition) is 0. The van der Waals surface area contributed by atoms with Gasteiger partial charge in [0.25, 0.3) is 0 Å². The van der Waals surface area contributed by atoms with Crippen molar-refractivity contribution in [2.75, 3.05) is 0 Å². The number of aryl methyl sites for hydroxylation is 1. The second-order valence-corrected chi connectivity index (χ2v) is 6.89. The van der Waals surface area contributed by atoms with E-state index < -0.39 is 0 Å². The van der Waals surface area contributed by atoms with Crippen LogP contribution in [-0.2, 0) is 12.8 Å². The fourth-order valence-electron chi connectivity index (χ4n) is 2.85. The Morgan fingerprint density at radius 3 is 2.42 bits per heavy atom. The Morgan fingerprint density at radius 2 is 1.63 bits per heavy atom. The van der Waals surface area contributed by atoms with Gasteiger partial charge in [0.1, 0.15) is 0 Å². The molecule has 0 aliphatic heterocycles. The molecule has 0 fully saturated rings. The molecule has 0 bridgehead atoms. The Kier molecular flexibility index (Phi) is 2.97. The Bertz CT molecular complexity index is 600. The van der Waals surface area contributed by atoms with Crippen molar-refractivity contribution in [3.63, 3.8) is 0 Å². The summed E-state index contributed by atoms with van der Waals surface area (Å²) in [4.78, 5) is 0. The maximum Gasteiger partial charge on any atom is -0.00135 e. The topological polar surface area (TPSA) is 0 Å². The molecule has 3 rings (SSSR count). The molecule has 0 spiro atoms. The van der Waals surface area contributed by atoms with E-state index in [4.69, 9.17) is 0 Å². The fourth-order valence-corrected chi connectivity index (χ4v) is 2.85. The van der Waals surface area contributed by atoms with Gasteiger partial charge < -0.3 is 0 Å². The average Bonchev–Trinajstić information content (AvgIpc) is 2.73. The minimum atomic E-state index is 0.414. The molecule has 0 nitrogen and oxygen atoms in total. The van der Waals surface area contributed by atoms with Crippen molar-refractivity contribution in [1.82, 2.24) is 0 Å². The highest BCUT2D eigenvalue weighted by Crippen LogP contribution is 2.37. The van der Waals surface area contributed by atoms with Crippen molar-refractivity contribution < 1.29 is 0 Å². The highest BCUT2D eigenvalue weighted by atomic mass is 14.2. The Morgan fingerprint density at radius 1 is 0.895 bits per heavy atom. The molecule has 1 aliphatic carbocycles. The molecule has 98 valence electrons.